The smallest absolute Gasteiger partial charge is 0.211 e. The van der Waals surface area contributed by atoms with E-state index in [-0.39, 0.29) is 6.04 Å². The van der Waals surface area contributed by atoms with E-state index in [2.05, 4.69) is 14.9 Å². The molecule has 4 aromatic rings. The van der Waals surface area contributed by atoms with Gasteiger partial charge in [-0.1, -0.05) is 24.3 Å². The van der Waals surface area contributed by atoms with Crippen LogP contribution in [-0.2, 0) is 4.79 Å². The van der Waals surface area contributed by atoms with Gasteiger partial charge in [0.15, 0.2) is 0 Å². The monoisotopic (exact) mass is 345 g/mol. The highest BCUT2D eigenvalue weighted by atomic mass is 16.1. The van der Waals surface area contributed by atoms with Gasteiger partial charge in [0.25, 0.3) is 0 Å². The first-order valence-electron chi connectivity index (χ1n) is 8.98. The van der Waals surface area contributed by atoms with Crippen LogP contribution in [0.15, 0.2) is 48.5 Å². The van der Waals surface area contributed by atoms with E-state index in [0.717, 1.165) is 46.8 Å². The van der Waals surface area contributed by atoms with Crippen LogP contribution in [0.3, 0.4) is 0 Å². The molecule has 1 saturated carbocycles. The van der Waals surface area contributed by atoms with Gasteiger partial charge in [0, 0.05) is 18.9 Å². The van der Waals surface area contributed by atoms with Gasteiger partial charge in [0.1, 0.15) is 5.78 Å². The standard InChI is InChI=1S/C20H19N5O/c26-14-11-9-13(10-12-14)25(19-21-15-5-1-2-6-16(15)22-19)20-23-17-7-3-4-8-18(17)24-20/h1-8,13H,9-12H2,(H,21,22)(H,23,24). The van der Waals surface area contributed by atoms with Crippen LogP contribution in [0, 0.1) is 0 Å². The number of H-pyrrole nitrogens is 2. The van der Waals surface area contributed by atoms with Crippen LogP contribution in [0.25, 0.3) is 22.1 Å². The van der Waals surface area contributed by atoms with Gasteiger partial charge in [-0.2, -0.15) is 0 Å². The molecule has 0 bridgehead atoms. The minimum atomic E-state index is 0.189. The summed E-state index contributed by atoms with van der Waals surface area (Å²) in [5, 5.41) is 0. The molecule has 0 aliphatic heterocycles. The van der Waals surface area contributed by atoms with Gasteiger partial charge in [-0.25, -0.2) is 9.97 Å². The predicted molar refractivity (Wildman–Crippen MR) is 102 cm³/mol. The third kappa shape index (κ3) is 2.54. The Hall–Kier alpha value is -3.15. The number of rotatable bonds is 3. The Labute approximate surface area is 150 Å². The first kappa shape index (κ1) is 15.1. The van der Waals surface area contributed by atoms with Crippen molar-refractivity contribution in [3.63, 3.8) is 0 Å². The summed E-state index contributed by atoms with van der Waals surface area (Å²) in [6.45, 7) is 0. The van der Waals surface area contributed by atoms with Crippen LogP contribution < -0.4 is 4.90 Å². The Morgan fingerprint density at radius 3 is 1.81 bits per heavy atom. The van der Waals surface area contributed by atoms with Gasteiger partial charge in [-0.05, 0) is 37.1 Å². The number of imidazole rings is 2. The topological polar surface area (TPSA) is 77.7 Å². The zero-order valence-electron chi connectivity index (χ0n) is 14.3. The van der Waals surface area contributed by atoms with Crippen molar-refractivity contribution in [2.24, 2.45) is 0 Å². The Kier molecular flexibility index (Phi) is 3.48. The summed E-state index contributed by atoms with van der Waals surface area (Å²) in [4.78, 5) is 30.2. The minimum Gasteiger partial charge on any atom is -0.324 e. The number of nitrogens with zero attached hydrogens (tertiary/aromatic N) is 3. The SMILES string of the molecule is O=C1CCC(N(c2nc3ccccc3[nH]2)c2nc3ccccc3[nH]2)CC1. The number of Topliss-reactive ketones (excluding diaryl/α,β-unsaturated/α-hetero) is 1. The molecule has 5 rings (SSSR count). The van der Waals surface area contributed by atoms with Crippen molar-refractivity contribution in [1.82, 2.24) is 19.9 Å². The molecule has 0 unspecified atom stereocenters. The van der Waals surface area contributed by atoms with Gasteiger partial charge in [-0.3, -0.25) is 9.69 Å². The second-order valence-corrected chi connectivity index (χ2v) is 6.79. The van der Waals surface area contributed by atoms with Gasteiger partial charge < -0.3 is 9.97 Å². The van der Waals surface area contributed by atoms with Crippen molar-refractivity contribution >= 4 is 39.7 Å². The fourth-order valence-corrected chi connectivity index (χ4v) is 3.74. The quantitative estimate of drug-likeness (QED) is 0.586. The van der Waals surface area contributed by atoms with Crippen LogP contribution in [0.4, 0.5) is 11.9 Å². The molecule has 2 heterocycles. The number of hydrogen-bond acceptors (Lipinski definition) is 4. The Morgan fingerprint density at radius 1 is 0.808 bits per heavy atom. The van der Waals surface area contributed by atoms with Crippen molar-refractivity contribution in [3.8, 4) is 0 Å². The molecule has 6 heteroatoms. The summed E-state index contributed by atoms with van der Waals surface area (Å²) < 4.78 is 0. The number of ketones is 1. The number of carbonyl (C=O) groups excluding carboxylic acids is 1. The van der Waals surface area contributed by atoms with Crippen LogP contribution in [0.5, 0.6) is 0 Å². The third-order valence-corrected chi connectivity index (χ3v) is 5.09. The molecule has 130 valence electrons. The molecule has 2 aromatic heterocycles. The highest BCUT2D eigenvalue weighted by molar-refractivity contribution is 5.82. The molecule has 0 spiro atoms. The zero-order valence-corrected chi connectivity index (χ0v) is 14.3. The Balaban J connectivity index is 1.63. The number of nitrogens with one attached hydrogen (secondary N) is 2. The number of fused-ring (bicyclic) bond motifs is 2. The lowest BCUT2D eigenvalue weighted by Crippen LogP contribution is -2.36. The van der Waals surface area contributed by atoms with Crippen molar-refractivity contribution in [2.45, 2.75) is 31.7 Å². The summed E-state index contributed by atoms with van der Waals surface area (Å²) in [6, 6.07) is 16.2. The summed E-state index contributed by atoms with van der Waals surface area (Å²) in [5.41, 5.74) is 3.84. The molecule has 2 N–H and O–H groups in total. The van der Waals surface area contributed by atoms with Crippen LogP contribution in [0.1, 0.15) is 25.7 Å². The normalized spacial score (nSPS) is 15.8. The summed E-state index contributed by atoms with van der Waals surface area (Å²) >= 11 is 0. The van der Waals surface area contributed by atoms with E-state index >= 15 is 0 Å². The number of benzene rings is 2. The molecular formula is C20H19N5O. The Morgan fingerprint density at radius 2 is 1.31 bits per heavy atom. The highest BCUT2D eigenvalue weighted by Gasteiger charge is 2.29. The fraction of sp³-hybridized carbons (Fsp3) is 0.250. The van der Waals surface area contributed by atoms with Gasteiger partial charge >= 0.3 is 0 Å². The van der Waals surface area contributed by atoms with Gasteiger partial charge in [0.2, 0.25) is 11.9 Å². The molecular weight excluding hydrogens is 326 g/mol. The van der Waals surface area contributed by atoms with Crippen molar-refractivity contribution < 1.29 is 4.79 Å². The van der Waals surface area contributed by atoms with E-state index < -0.39 is 0 Å². The molecule has 0 amide bonds. The first-order valence-corrected chi connectivity index (χ1v) is 8.98. The number of para-hydroxylation sites is 4. The average Bonchev–Trinajstić information content (AvgIpc) is 3.27. The van der Waals surface area contributed by atoms with Crippen molar-refractivity contribution in [3.05, 3.63) is 48.5 Å². The second-order valence-electron chi connectivity index (χ2n) is 6.79. The molecule has 6 nitrogen and oxygen atoms in total. The molecule has 1 fully saturated rings. The lowest BCUT2D eigenvalue weighted by molar-refractivity contribution is -0.120. The Bertz CT molecular complexity index is 946. The molecule has 0 radical (unpaired) electrons. The highest BCUT2D eigenvalue weighted by Crippen LogP contribution is 2.32. The summed E-state index contributed by atoms with van der Waals surface area (Å²) in [5.74, 6) is 1.88. The molecule has 1 aliphatic carbocycles. The maximum absolute atomic E-state index is 11.7. The summed E-state index contributed by atoms with van der Waals surface area (Å²) in [6.07, 6.45) is 2.85. The number of anilines is 2. The minimum absolute atomic E-state index is 0.189. The number of carbonyl (C=O) groups is 1. The molecule has 0 saturated heterocycles. The molecule has 2 aromatic carbocycles. The molecule has 1 aliphatic rings. The van der Waals surface area contributed by atoms with Gasteiger partial charge in [0.05, 0.1) is 22.1 Å². The maximum Gasteiger partial charge on any atom is 0.211 e. The van der Waals surface area contributed by atoms with Crippen LogP contribution in [-0.4, -0.2) is 31.8 Å². The van der Waals surface area contributed by atoms with Gasteiger partial charge in [-0.15, -0.1) is 0 Å². The van der Waals surface area contributed by atoms with Crippen LogP contribution >= 0.6 is 0 Å². The van der Waals surface area contributed by atoms with E-state index in [4.69, 9.17) is 9.97 Å². The largest absolute Gasteiger partial charge is 0.324 e. The summed E-state index contributed by atoms with van der Waals surface area (Å²) in [7, 11) is 0. The van der Waals surface area contributed by atoms with Crippen molar-refractivity contribution in [1.29, 1.82) is 0 Å². The van der Waals surface area contributed by atoms with E-state index in [0.29, 0.717) is 18.6 Å². The van der Waals surface area contributed by atoms with E-state index in [1.807, 2.05) is 48.5 Å². The number of aromatic amines is 2. The third-order valence-electron chi connectivity index (χ3n) is 5.09. The lowest BCUT2D eigenvalue weighted by atomic mass is 9.93. The zero-order chi connectivity index (χ0) is 17.5. The average molecular weight is 345 g/mol. The predicted octanol–water partition coefficient (Wildman–Crippen LogP) is 4.09. The number of aromatic nitrogens is 4. The molecule has 26 heavy (non-hydrogen) atoms. The van der Waals surface area contributed by atoms with E-state index in [1.165, 1.54) is 0 Å². The fourth-order valence-electron chi connectivity index (χ4n) is 3.74. The lowest BCUT2D eigenvalue weighted by Gasteiger charge is -2.31. The second kappa shape index (κ2) is 5.98. The first-order chi connectivity index (χ1) is 12.8. The van der Waals surface area contributed by atoms with E-state index in [1.54, 1.807) is 0 Å². The maximum atomic E-state index is 11.7. The number of hydrogen-bond donors (Lipinski definition) is 2. The molecule has 0 atom stereocenters. The van der Waals surface area contributed by atoms with E-state index in [9.17, 15) is 4.79 Å². The van der Waals surface area contributed by atoms with Crippen LogP contribution in [0.2, 0.25) is 0 Å². The van der Waals surface area contributed by atoms with Crippen molar-refractivity contribution in [2.75, 3.05) is 4.90 Å².